The molecule has 2 heteroatoms. The van der Waals surface area contributed by atoms with E-state index in [-0.39, 0.29) is 5.78 Å². The van der Waals surface area contributed by atoms with Gasteiger partial charge in [-0.3, -0.25) is 4.79 Å². The number of hydrogen-bond acceptors (Lipinski definition) is 1. The molecule has 0 heterocycles. The highest BCUT2D eigenvalue weighted by molar-refractivity contribution is 9.09. The molecule has 0 saturated heterocycles. The molecule has 0 N–H and O–H groups in total. The lowest BCUT2D eigenvalue weighted by atomic mass is 9.96. The van der Waals surface area contributed by atoms with Crippen molar-refractivity contribution in [2.45, 2.75) is 33.6 Å². The first-order valence-corrected chi connectivity index (χ1v) is 6.35. The molecule has 0 aliphatic heterocycles. The zero-order valence-corrected chi connectivity index (χ0v) is 11.1. The number of halogens is 1. The van der Waals surface area contributed by atoms with E-state index in [9.17, 15) is 4.79 Å². The summed E-state index contributed by atoms with van der Waals surface area (Å²) < 4.78 is 0. The minimum atomic E-state index is 0.259. The van der Waals surface area contributed by atoms with E-state index in [2.05, 4.69) is 35.8 Å². The minimum absolute atomic E-state index is 0.259. The summed E-state index contributed by atoms with van der Waals surface area (Å²) in [6.45, 7) is 6.14. The summed E-state index contributed by atoms with van der Waals surface area (Å²) in [6.07, 6.45) is 1.54. The van der Waals surface area contributed by atoms with E-state index in [0.29, 0.717) is 6.42 Å². The number of aryl methyl sites for hydroxylation is 3. The second-order valence-electron chi connectivity index (χ2n) is 3.97. The van der Waals surface area contributed by atoms with Crippen LogP contribution < -0.4 is 0 Å². The van der Waals surface area contributed by atoms with Crippen LogP contribution in [0.1, 0.15) is 39.9 Å². The number of hydrogen-bond donors (Lipinski definition) is 0. The Morgan fingerprint density at radius 3 is 2.33 bits per heavy atom. The molecule has 82 valence electrons. The van der Waals surface area contributed by atoms with Crippen molar-refractivity contribution < 1.29 is 4.79 Å². The van der Waals surface area contributed by atoms with Crippen LogP contribution in [0.3, 0.4) is 0 Å². The lowest BCUT2D eigenvalue weighted by molar-refractivity contribution is 0.0981. The van der Waals surface area contributed by atoms with Gasteiger partial charge >= 0.3 is 0 Å². The summed E-state index contributed by atoms with van der Waals surface area (Å²) in [7, 11) is 0. The number of carbonyl (C=O) groups excluding carboxylic acids is 1. The first-order chi connectivity index (χ1) is 7.06. The Kier molecular flexibility index (Phi) is 4.52. The quantitative estimate of drug-likeness (QED) is 0.597. The molecule has 0 unspecified atom stereocenters. The number of Topliss-reactive ketones (excluding diaryl/α,β-unsaturated/α-hetero) is 1. The smallest absolute Gasteiger partial charge is 0.163 e. The number of benzene rings is 1. The van der Waals surface area contributed by atoms with Crippen LogP contribution in [0.25, 0.3) is 0 Å². The lowest BCUT2D eigenvalue weighted by Crippen LogP contribution is -2.03. The number of rotatable bonds is 4. The number of alkyl halides is 1. The van der Waals surface area contributed by atoms with Crippen molar-refractivity contribution >= 4 is 21.7 Å². The Hall–Kier alpha value is -0.630. The summed E-state index contributed by atoms with van der Waals surface area (Å²) in [4.78, 5) is 11.9. The second-order valence-corrected chi connectivity index (χ2v) is 4.76. The fourth-order valence-electron chi connectivity index (χ4n) is 1.62. The van der Waals surface area contributed by atoms with Gasteiger partial charge in [0.2, 0.25) is 0 Å². The van der Waals surface area contributed by atoms with Crippen LogP contribution in [0.15, 0.2) is 12.1 Å². The fraction of sp³-hybridized carbons (Fsp3) is 0.462. The van der Waals surface area contributed by atoms with E-state index in [1.54, 1.807) is 0 Å². The molecule has 1 aromatic carbocycles. The molecule has 0 aromatic heterocycles. The van der Waals surface area contributed by atoms with Gasteiger partial charge in [-0.05, 0) is 49.9 Å². The zero-order chi connectivity index (χ0) is 11.4. The van der Waals surface area contributed by atoms with E-state index in [1.807, 2.05) is 13.0 Å². The maximum atomic E-state index is 11.9. The van der Waals surface area contributed by atoms with Gasteiger partial charge in [0.15, 0.2) is 5.78 Å². The SMILES string of the molecule is Cc1cc(C)c(C(=O)CCCBr)cc1C. The van der Waals surface area contributed by atoms with Crippen molar-refractivity contribution in [1.82, 2.24) is 0 Å². The fourth-order valence-corrected chi connectivity index (χ4v) is 1.90. The highest BCUT2D eigenvalue weighted by atomic mass is 79.9. The van der Waals surface area contributed by atoms with Crippen LogP contribution >= 0.6 is 15.9 Å². The Labute approximate surface area is 100 Å². The van der Waals surface area contributed by atoms with Crippen LogP contribution in [0.2, 0.25) is 0 Å². The van der Waals surface area contributed by atoms with Crippen molar-refractivity contribution in [1.29, 1.82) is 0 Å². The Morgan fingerprint density at radius 1 is 1.13 bits per heavy atom. The van der Waals surface area contributed by atoms with E-state index < -0.39 is 0 Å². The average Bonchev–Trinajstić information content (AvgIpc) is 2.20. The molecular weight excluding hydrogens is 252 g/mol. The van der Waals surface area contributed by atoms with E-state index in [0.717, 1.165) is 22.9 Å². The molecule has 0 spiro atoms. The van der Waals surface area contributed by atoms with E-state index in [1.165, 1.54) is 11.1 Å². The lowest BCUT2D eigenvalue weighted by Gasteiger charge is -2.08. The Morgan fingerprint density at radius 2 is 1.73 bits per heavy atom. The molecule has 0 bridgehead atoms. The zero-order valence-electron chi connectivity index (χ0n) is 9.56. The molecule has 1 nitrogen and oxygen atoms in total. The van der Waals surface area contributed by atoms with Crippen molar-refractivity contribution in [3.63, 3.8) is 0 Å². The molecule has 0 fully saturated rings. The molecule has 0 aliphatic rings. The monoisotopic (exact) mass is 268 g/mol. The Bertz CT molecular complexity index is 369. The molecular formula is C13H17BrO. The normalized spacial score (nSPS) is 10.4. The molecule has 0 radical (unpaired) electrons. The first-order valence-electron chi connectivity index (χ1n) is 5.23. The maximum absolute atomic E-state index is 11.9. The van der Waals surface area contributed by atoms with Gasteiger partial charge in [0.1, 0.15) is 0 Å². The van der Waals surface area contributed by atoms with Gasteiger partial charge in [0.25, 0.3) is 0 Å². The van der Waals surface area contributed by atoms with Gasteiger partial charge < -0.3 is 0 Å². The molecule has 1 aromatic rings. The summed E-state index contributed by atoms with van der Waals surface area (Å²) >= 11 is 3.34. The second kappa shape index (κ2) is 5.45. The summed E-state index contributed by atoms with van der Waals surface area (Å²) in [5, 5.41) is 0.891. The van der Waals surface area contributed by atoms with Gasteiger partial charge in [0, 0.05) is 17.3 Å². The van der Waals surface area contributed by atoms with Crippen molar-refractivity contribution in [2.24, 2.45) is 0 Å². The molecule has 15 heavy (non-hydrogen) atoms. The van der Waals surface area contributed by atoms with Crippen LogP contribution in [-0.2, 0) is 0 Å². The highest BCUT2D eigenvalue weighted by Crippen LogP contribution is 2.17. The predicted molar refractivity (Wildman–Crippen MR) is 68.0 cm³/mol. The van der Waals surface area contributed by atoms with Crippen molar-refractivity contribution in [3.8, 4) is 0 Å². The highest BCUT2D eigenvalue weighted by Gasteiger charge is 2.09. The van der Waals surface area contributed by atoms with Crippen molar-refractivity contribution in [3.05, 3.63) is 34.4 Å². The molecule has 0 aliphatic carbocycles. The molecule has 0 atom stereocenters. The van der Waals surface area contributed by atoms with Crippen LogP contribution in [0, 0.1) is 20.8 Å². The number of ketones is 1. The average molecular weight is 269 g/mol. The standard InChI is InChI=1S/C13H17BrO/c1-9-7-11(3)12(8-10(9)2)13(15)5-4-6-14/h7-8H,4-6H2,1-3H3. The van der Waals surface area contributed by atoms with E-state index >= 15 is 0 Å². The third-order valence-electron chi connectivity index (χ3n) is 2.68. The summed E-state index contributed by atoms with van der Waals surface area (Å²) in [6, 6.07) is 4.11. The Balaban J connectivity index is 2.94. The topological polar surface area (TPSA) is 17.1 Å². The largest absolute Gasteiger partial charge is 0.294 e. The van der Waals surface area contributed by atoms with Gasteiger partial charge in [-0.1, -0.05) is 22.0 Å². The van der Waals surface area contributed by atoms with Crippen molar-refractivity contribution in [2.75, 3.05) is 5.33 Å². The third kappa shape index (κ3) is 3.16. The van der Waals surface area contributed by atoms with Crippen LogP contribution in [0.4, 0.5) is 0 Å². The molecule has 0 saturated carbocycles. The third-order valence-corrected chi connectivity index (χ3v) is 3.24. The molecule has 1 rings (SSSR count). The molecule has 0 amide bonds. The minimum Gasteiger partial charge on any atom is -0.294 e. The summed E-state index contributed by atoms with van der Waals surface area (Å²) in [5.74, 6) is 0.259. The van der Waals surface area contributed by atoms with Gasteiger partial charge in [-0.15, -0.1) is 0 Å². The van der Waals surface area contributed by atoms with Crippen LogP contribution in [0.5, 0.6) is 0 Å². The number of carbonyl (C=O) groups is 1. The summed E-state index contributed by atoms with van der Waals surface area (Å²) in [5.41, 5.74) is 4.43. The van der Waals surface area contributed by atoms with Gasteiger partial charge in [-0.25, -0.2) is 0 Å². The van der Waals surface area contributed by atoms with Gasteiger partial charge in [-0.2, -0.15) is 0 Å². The van der Waals surface area contributed by atoms with Crippen LogP contribution in [-0.4, -0.2) is 11.1 Å². The predicted octanol–water partition coefficient (Wildman–Crippen LogP) is 3.97. The first kappa shape index (κ1) is 12.4. The van der Waals surface area contributed by atoms with E-state index in [4.69, 9.17) is 0 Å². The maximum Gasteiger partial charge on any atom is 0.163 e. The van der Waals surface area contributed by atoms with Gasteiger partial charge in [0.05, 0.1) is 0 Å².